The minimum Gasteiger partial charge on any atom is -0.451 e. The monoisotopic (exact) mass is 378 g/mol. The molecule has 3 aliphatic rings. The number of fused-ring (bicyclic) bond motifs is 3. The number of benzene rings is 1. The Hall–Kier alpha value is -1.49. The lowest BCUT2D eigenvalue weighted by Gasteiger charge is -2.49. The van der Waals surface area contributed by atoms with Gasteiger partial charge in [0.05, 0.1) is 0 Å². The maximum absolute atomic E-state index is 12.6. The number of halogens is 2. The molecule has 2 atom stereocenters. The standard InChI is InChI=1S/C19H20Cl2N2O2/c1-11-18(12-4-6-23(11)7-5-12)22-19(24)17-3-2-16(25-17)13-8-14(20)10-15(21)9-13/h2-3,8-12,18H,4-7H2,1H3,(H,22,24)/t11-,18-/m0/s1. The van der Waals surface area contributed by atoms with Gasteiger partial charge in [0.1, 0.15) is 5.76 Å². The van der Waals surface area contributed by atoms with Crippen molar-refractivity contribution in [2.45, 2.75) is 31.8 Å². The number of nitrogens with zero attached hydrogens (tertiary/aromatic N) is 1. The third-order valence-electron chi connectivity index (χ3n) is 5.45. The Labute approximate surface area is 157 Å². The molecule has 1 aromatic carbocycles. The minimum atomic E-state index is -0.162. The molecule has 4 heterocycles. The van der Waals surface area contributed by atoms with Crippen LogP contribution in [0.15, 0.2) is 34.7 Å². The van der Waals surface area contributed by atoms with Crippen molar-refractivity contribution in [3.05, 3.63) is 46.1 Å². The second kappa shape index (κ2) is 6.67. The largest absolute Gasteiger partial charge is 0.451 e. The van der Waals surface area contributed by atoms with Crippen molar-refractivity contribution < 1.29 is 9.21 Å². The first-order valence-corrected chi connectivity index (χ1v) is 9.38. The Morgan fingerprint density at radius 3 is 2.48 bits per heavy atom. The van der Waals surface area contributed by atoms with Crippen LogP contribution in [-0.4, -0.2) is 36.0 Å². The van der Waals surface area contributed by atoms with Crippen molar-refractivity contribution in [2.75, 3.05) is 13.1 Å². The van der Waals surface area contributed by atoms with E-state index in [2.05, 4.69) is 17.1 Å². The molecule has 2 aromatic rings. The summed E-state index contributed by atoms with van der Waals surface area (Å²) in [6.45, 7) is 4.47. The highest BCUT2D eigenvalue weighted by molar-refractivity contribution is 6.35. The van der Waals surface area contributed by atoms with Crippen molar-refractivity contribution in [2.24, 2.45) is 5.92 Å². The van der Waals surface area contributed by atoms with Gasteiger partial charge in [-0.25, -0.2) is 0 Å². The first-order chi connectivity index (χ1) is 12.0. The zero-order valence-corrected chi connectivity index (χ0v) is 15.5. The van der Waals surface area contributed by atoms with Gasteiger partial charge in [-0.2, -0.15) is 0 Å². The molecule has 0 radical (unpaired) electrons. The van der Waals surface area contributed by atoms with Crippen molar-refractivity contribution in [3.63, 3.8) is 0 Å². The molecule has 1 N–H and O–H groups in total. The summed E-state index contributed by atoms with van der Waals surface area (Å²) in [6, 6.07) is 9.23. The van der Waals surface area contributed by atoms with E-state index in [9.17, 15) is 4.79 Å². The molecule has 5 rings (SSSR count). The first kappa shape index (κ1) is 17.0. The lowest BCUT2D eigenvalue weighted by Crippen LogP contribution is -2.62. The van der Waals surface area contributed by atoms with Crippen LogP contribution in [0.3, 0.4) is 0 Å². The summed E-state index contributed by atoms with van der Waals surface area (Å²) in [5, 5.41) is 4.24. The molecule has 0 spiro atoms. The van der Waals surface area contributed by atoms with Crippen LogP contribution in [0, 0.1) is 5.92 Å². The van der Waals surface area contributed by atoms with Gasteiger partial charge in [0, 0.05) is 27.7 Å². The van der Waals surface area contributed by atoms with Crippen LogP contribution in [0.1, 0.15) is 30.3 Å². The number of hydrogen-bond acceptors (Lipinski definition) is 3. The second-order valence-corrected chi connectivity index (χ2v) is 7.81. The highest BCUT2D eigenvalue weighted by Crippen LogP contribution is 2.33. The minimum absolute atomic E-state index is 0.162. The average Bonchev–Trinajstić information content (AvgIpc) is 3.08. The molecule has 25 heavy (non-hydrogen) atoms. The SMILES string of the molecule is C[C@H]1[C@H](NC(=O)c2ccc(-c3cc(Cl)cc(Cl)c3)o2)C2CCN1CC2. The fourth-order valence-corrected chi connectivity index (χ4v) is 4.60. The summed E-state index contributed by atoms with van der Waals surface area (Å²) < 4.78 is 5.76. The normalized spacial score (nSPS) is 28.1. The van der Waals surface area contributed by atoms with Crippen LogP contribution >= 0.6 is 23.2 Å². The van der Waals surface area contributed by atoms with Crippen molar-refractivity contribution >= 4 is 29.1 Å². The van der Waals surface area contributed by atoms with Crippen LogP contribution in [0.2, 0.25) is 10.0 Å². The number of nitrogens with one attached hydrogen (secondary N) is 1. The predicted molar refractivity (Wildman–Crippen MR) is 99.2 cm³/mol. The highest BCUT2D eigenvalue weighted by atomic mass is 35.5. The zero-order chi connectivity index (χ0) is 17.6. The predicted octanol–water partition coefficient (Wildman–Crippen LogP) is 4.47. The van der Waals surface area contributed by atoms with Gasteiger partial charge in [0.2, 0.25) is 0 Å². The van der Waals surface area contributed by atoms with E-state index in [4.69, 9.17) is 27.6 Å². The van der Waals surface area contributed by atoms with Gasteiger partial charge < -0.3 is 9.73 Å². The van der Waals surface area contributed by atoms with Crippen molar-refractivity contribution in [1.29, 1.82) is 0 Å². The van der Waals surface area contributed by atoms with Crippen LogP contribution in [0.4, 0.5) is 0 Å². The molecule has 132 valence electrons. The second-order valence-electron chi connectivity index (χ2n) is 6.94. The summed E-state index contributed by atoms with van der Waals surface area (Å²) >= 11 is 12.1. The number of furan rings is 1. The van der Waals surface area contributed by atoms with E-state index < -0.39 is 0 Å². The molecule has 0 aliphatic carbocycles. The van der Waals surface area contributed by atoms with E-state index in [0.29, 0.717) is 33.5 Å². The summed E-state index contributed by atoms with van der Waals surface area (Å²) in [7, 11) is 0. The molecular formula is C19H20Cl2N2O2. The molecule has 0 unspecified atom stereocenters. The lowest BCUT2D eigenvalue weighted by atomic mass is 9.79. The highest BCUT2D eigenvalue weighted by Gasteiger charge is 2.40. The molecule has 1 amide bonds. The molecule has 4 nitrogen and oxygen atoms in total. The maximum Gasteiger partial charge on any atom is 0.287 e. The van der Waals surface area contributed by atoms with Gasteiger partial charge in [-0.1, -0.05) is 23.2 Å². The molecule has 1 aromatic heterocycles. The third-order valence-corrected chi connectivity index (χ3v) is 5.89. The number of rotatable bonds is 3. The summed E-state index contributed by atoms with van der Waals surface area (Å²) in [4.78, 5) is 15.1. The Balaban J connectivity index is 1.51. The fourth-order valence-electron chi connectivity index (χ4n) is 4.08. The summed E-state index contributed by atoms with van der Waals surface area (Å²) in [5.74, 6) is 1.29. The molecule has 3 aliphatic heterocycles. The molecular weight excluding hydrogens is 359 g/mol. The van der Waals surface area contributed by atoms with E-state index >= 15 is 0 Å². The smallest absolute Gasteiger partial charge is 0.287 e. The van der Waals surface area contributed by atoms with Gasteiger partial charge in [0.15, 0.2) is 5.76 Å². The quantitative estimate of drug-likeness (QED) is 0.856. The van der Waals surface area contributed by atoms with Gasteiger partial charge in [-0.3, -0.25) is 9.69 Å². The van der Waals surface area contributed by atoms with Gasteiger partial charge >= 0.3 is 0 Å². The lowest BCUT2D eigenvalue weighted by molar-refractivity contribution is 0.0211. The number of amides is 1. The topological polar surface area (TPSA) is 45.5 Å². The van der Waals surface area contributed by atoms with Gasteiger partial charge in [0.25, 0.3) is 5.91 Å². The van der Waals surface area contributed by atoms with E-state index in [1.54, 1.807) is 30.3 Å². The van der Waals surface area contributed by atoms with E-state index in [0.717, 1.165) is 31.5 Å². The maximum atomic E-state index is 12.6. The van der Waals surface area contributed by atoms with Gasteiger partial charge in [-0.15, -0.1) is 0 Å². The summed E-state index contributed by atoms with van der Waals surface area (Å²) in [6.07, 6.45) is 2.30. The van der Waals surface area contributed by atoms with Crippen LogP contribution < -0.4 is 5.32 Å². The zero-order valence-electron chi connectivity index (χ0n) is 14.0. The van der Waals surface area contributed by atoms with E-state index in [1.165, 1.54) is 0 Å². The Morgan fingerprint density at radius 1 is 1.16 bits per heavy atom. The van der Waals surface area contributed by atoms with Crippen LogP contribution in [0.25, 0.3) is 11.3 Å². The van der Waals surface area contributed by atoms with Gasteiger partial charge in [-0.05, 0) is 69.1 Å². The fraction of sp³-hybridized carbons (Fsp3) is 0.421. The van der Waals surface area contributed by atoms with Crippen molar-refractivity contribution in [1.82, 2.24) is 10.2 Å². The number of carbonyl (C=O) groups excluding carboxylic acids is 1. The Bertz CT molecular complexity index is 774. The molecule has 3 saturated heterocycles. The van der Waals surface area contributed by atoms with Crippen LogP contribution in [-0.2, 0) is 0 Å². The van der Waals surface area contributed by atoms with Crippen LogP contribution in [0.5, 0.6) is 0 Å². The third kappa shape index (κ3) is 3.31. The number of carbonyl (C=O) groups is 1. The molecule has 6 heteroatoms. The van der Waals surface area contributed by atoms with E-state index in [1.807, 2.05) is 0 Å². The Kier molecular flexibility index (Phi) is 4.52. The summed E-state index contributed by atoms with van der Waals surface area (Å²) in [5.41, 5.74) is 0.757. The Morgan fingerprint density at radius 2 is 1.84 bits per heavy atom. The number of piperidine rings is 3. The van der Waals surface area contributed by atoms with Crippen molar-refractivity contribution in [3.8, 4) is 11.3 Å². The van der Waals surface area contributed by atoms with E-state index in [-0.39, 0.29) is 11.9 Å². The average molecular weight is 379 g/mol. The molecule has 2 bridgehead atoms. The first-order valence-electron chi connectivity index (χ1n) is 8.62. The number of hydrogen-bond donors (Lipinski definition) is 1. The molecule has 3 fully saturated rings. The molecule has 0 saturated carbocycles.